The van der Waals surface area contributed by atoms with E-state index in [0.29, 0.717) is 18.7 Å². The smallest absolute Gasteiger partial charge is 0.260 e. The van der Waals surface area contributed by atoms with Gasteiger partial charge in [-0.2, -0.15) is 4.31 Å². The Morgan fingerprint density at radius 3 is 2.33 bits per heavy atom. The van der Waals surface area contributed by atoms with Crippen molar-refractivity contribution in [2.75, 3.05) is 6.54 Å². The largest absolute Gasteiger partial charge is 0.392 e. The lowest BCUT2D eigenvalue weighted by Crippen LogP contribution is -2.31. The molecular formula is C15H18N2O3S. The van der Waals surface area contributed by atoms with Crippen LogP contribution < -0.4 is 0 Å². The van der Waals surface area contributed by atoms with Crippen LogP contribution in [0.4, 0.5) is 0 Å². The number of aromatic nitrogens is 1. The Labute approximate surface area is 124 Å². The fraction of sp³-hybridized carbons (Fsp3) is 0.267. The maximum atomic E-state index is 12.6. The maximum Gasteiger partial charge on any atom is 0.260 e. The van der Waals surface area contributed by atoms with E-state index < -0.39 is 10.0 Å². The Balaban J connectivity index is 2.26. The molecule has 112 valence electrons. The van der Waals surface area contributed by atoms with E-state index in [1.54, 1.807) is 13.0 Å². The Kier molecular flexibility index (Phi) is 5.06. The quantitative estimate of drug-likeness (QED) is 0.883. The van der Waals surface area contributed by atoms with Gasteiger partial charge in [-0.15, -0.1) is 0 Å². The van der Waals surface area contributed by atoms with Crippen molar-refractivity contribution in [3.63, 3.8) is 0 Å². The summed E-state index contributed by atoms with van der Waals surface area (Å²) in [5.74, 6) is 0. The van der Waals surface area contributed by atoms with Crippen LogP contribution in [0.2, 0.25) is 0 Å². The van der Waals surface area contributed by atoms with Crippen molar-refractivity contribution in [2.45, 2.75) is 25.1 Å². The fourth-order valence-electron chi connectivity index (χ4n) is 1.94. The summed E-state index contributed by atoms with van der Waals surface area (Å²) in [4.78, 5) is 3.94. The van der Waals surface area contributed by atoms with Crippen molar-refractivity contribution in [3.05, 3.63) is 59.8 Å². The molecule has 0 aliphatic rings. The molecule has 0 atom stereocenters. The SMILES string of the molecule is CCN(Cc1ccccc1)S(=O)(=O)c1ccc(CO)cn1. The third kappa shape index (κ3) is 3.66. The van der Waals surface area contributed by atoms with Gasteiger partial charge in [0.1, 0.15) is 0 Å². The van der Waals surface area contributed by atoms with E-state index in [9.17, 15) is 8.42 Å². The molecule has 0 amide bonds. The molecule has 1 N–H and O–H groups in total. The van der Waals surface area contributed by atoms with Gasteiger partial charge in [0, 0.05) is 19.3 Å². The topological polar surface area (TPSA) is 70.5 Å². The van der Waals surface area contributed by atoms with Crippen LogP contribution in [0.25, 0.3) is 0 Å². The van der Waals surface area contributed by atoms with Gasteiger partial charge in [-0.05, 0) is 17.2 Å². The Bertz CT molecular complexity index is 670. The monoisotopic (exact) mass is 306 g/mol. The van der Waals surface area contributed by atoms with Gasteiger partial charge in [-0.25, -0.2) is 13.4 Å². The molecule has 0 aliphatic heterocycles. The number of aliphatic hydroxyl groups is 1. The lowest BCUT2D eigenvalue weighted by molar-refractivity contribution is 0.281. The molecule has 0 bridgehead atoms. The summed E-state index contributed by atoms with van der Waals surface area (Å²) in [5.41, 5.74) is 1.51. The van der Waals surface area contributed by atoms with E-state index in [-0.39, 0.29) is 11.6 Å². The van der Waals surface area contributed by atoms with Gasteiger partial charge in [0.05, 0.1) is 6.61 Å². The zero-order chi connectivity index (χ0) is 15.3. The predicted octanol–water partition coefficient (Wildman–Crippen LogP) is 1.78. The van der Waals surface area contributed by atoms with Crippen LogP contribution in [0.3, 0.4) is 0 Å². The first-order valence-electron chi connectivity index (χ1n) is 6.67. The van der Waals surface area contributed by atoms with Crippen molar-refractivity contribution in [2.24, 2.45) is 0 Å². The lowest BCUT2D eigenvalue weighted by atomic mass is 10.2. The first-order valence-corrected chi connectivity index (χ1v) is 8.11. The zero-order valence-electron chi connectivity index (χ0n) is 11.8. The number of hydrogen-bond donors (Lipinski definition) is 1. The normalized spacial score (nSPS) is 11.8. The van der Waals surface area contributed by atoms with Gasteiger partial charge in [-0.3, -0.25) is 0 Å². The molecule has 21 heavy (non-hydrogen) atoms. The third-order valence-electron chi connectivity index (χ3n) is 3.14. The summed E-state index contributed by atoms with van der Waals surface area (Å²) >= 11 is 0. The van der Waals surface area contributed by atoms with Crippen molar-refractivity contribution in [1.29, 1.82) is 0 Å². The molecule has 5 nitrogen and oxygen atoms in total. The van der Waals surface area contributed by atoms with E-state index >= 15 is 0 Å². The minimum absolute atomic E-state index is 0.00233. The summed E-state index contributed by atoms with van der Waals surface area (Å²) < 4.78 is 26.5. The molecule has 0 fully saturated rings. The molecule has 1 aromatic carbocycles. The molecule has 0 unspecified atom stereocenters. The Morgan fingerprint density at radius 2 is 1.81 bits per heavy atom. The highest BCUT2D eigenvalue weighted by molar-refractivity contribution is 7.89. The van der Waals surface area contributed by atoms with E-state index in [2.05, 4.69) is 4.98 Å². The highest BCUT2D eigenvalue weighted by Crippen LogP contribution is 2.16. The van der Waals surface area contributed by atoms with Gasteiger partial charge >= 0.3 is 0 Å². The number of nitrogens with zero attached hydrogens (tertiary/aromatic N) is 2. The molecule has 0 saturated heterocycles. The zero-order valence-corrected chi connectivity index (χ0v) is 12.6. The third-order valence-corrected chi connectivity index (χ3v) is 4.98. The number of sulfonamides is 1. The van der Waals surface area contributed by atoms with Crippen molar-refractivity contribution >= 4 is 10.0 Å². The van der Waals surface area contributed by atoms with Gasteiger partial charge < -0.3 is 5.11 Å². The molecule has 6 heteroatoms. The molecule has 0 spiro atoms. The molecule has 2 aromatic rings. The Morgan fingerprint density at radius 1 is 1.10 bits per heavy atom. The molecule has 1 aromatic heterocycles. The van der Waals surface area contributed by atoms with E-state index in [4.69, 9.17) is 5.11 Å². The second-order valence-electron chi connectivity index (χ2n) is 4.58. The van der Waals surface area contributed by atoms with Crippen molar-refractivity contribution in [3.8, 4) is 0 Å². The minimum Gasteiger partial charge on any atom is -0.392 e. The molecule has 1 heterocycles. The highest BCUT2D eigenvalue weighted by Gasteiger charge is 2.24. The second kappa shape index (κ2) is 6.80. The van der Waals surface area contributed by atoms with Crippen LogP contribution in [0.1, 0.15) is 18.1 Å². The van der Waals surface area contributed by atoms with Crippen molar-refractivity contribution < 1.29 is 13.5 Å². The van der Waals surface area contributed by atoms with Gasteiger partial charge in [-0.1, -0.05) is 43.3 Å². The lowest BCUT2D eigenvalue weighted by Gasteiger charge is -2.20. The summed E-state index contributed by atoms with van der Waals surface area (Å²) in [6.07, 6.45) is 1.38. The van der Waals surface area contributed by atoms with Crippen LogP contribution in [0.5, 0.6) is 0 Å². The number of hydrogen-bond acceptors (Lipinski definition) is 4. The highest BCUT2D eigenvalue weighted by atomic mass is 32.2. The summed E-state index contributed by atoms with van der Waals surface area (Å²) in [6, 6.07) is 12.4. The first kappa shape index (κ1) is 15.6. The number of benzene rings is 1. The number of aliphatic hydroxyl groups excluding tert-OH is 1. The standard InChI is InChI=1S/C15H18N2O3S/c1-2-17(11-13-6-4-3-5-7-13)21(19,20)15-9-8-14(12-18)10-16-15/h3-10,18H,2,11-12H2,1H3. The minimum atomic E-state index is -3.63. The fourth-order valence-corrected chi connectivity index (χ4v) is 3.29. The van der Waals surface area contributed by atoms with E-state index in [1.807, 2.05) is 30.3 Å². The predicted molar refractivity (Wildman–Crippen MR) is 79.9 cm³/mol. The molecular weight excluding hydrogens is 288 g/mol. The molecule has 0 aliphatic carbocycles. The second-order valence-corrected chi connectivity index (χ2v) is 6.46. The van der Waals surface area contributed by atoms with Crippen LogP contribution in [-0.4, -0.2) is 29.4 Å². The summed E-state index contributed by atoms with van der Waals surface area (Å²) in [7, 11) is -3.63. The van der Waals surface area contributed by atoms with Crippen LogP contribution in [0.15, 0.2) is 53.7 Å². The summed E-state index contributed by atoms with van der Waals surface area (Å²) in [5, 5.41) is 8.98. The summed E-state index contributed by atoms with van der Waals surface area (Å²) in [6.45, 7) is 2.31. The number of pyridine rings is 1. The first-order chi connectivity index (χ1) is 10.1. The van der Waals surface area contributed by atoms with E-state index in [0.717, 1.165) is 5.56 Å². The van der Waals surface area contributed by atoms with Gasteiger partial charge in [0.2, 0.25) is 0 Å². The van der Waals surface area contributed by atoms with Gasteiger partial charge in [0.25, 0.3) is 10.0 Å². The van der Waals surface area contributed by atoms with E-state index in [1.165, 1.54) is 16.6 Å². The van der Waals surface area contributed by atoms with Gasteiger partial charge in [0.15, 0.2) is 5.03 Å². The van der Waals surface area contributed by atoms with Crippen LogP contribution in [-0.2, 0) is 23.2 Å². The van der Waals surface area contributed by atoms with Crippen LogP contribution >= 0.6 is 0 Å². The van der Waals surface area contributed by atoms with Crippen LogP contribution in [0, 0.1) is 0 Å². The molecule has 2 rings (SSSR count). The number of rotatable bonds is 6. The van der Waals surface area contributed by atoms with Crippen molar-refractivity contribution in [1.82, 2.24) is 9.29 Å². The average molecular weight is 306 g/mol. The maximum absolute atomic E-state index is 12.6. The molecule has 0 saturated carbocycles. The average Bonchev–Trinajstić information content (AvgIpc) is 2.53. The Hall–Kier alpha value is -1.76. The molecule has 0 radical (unpaired) electrons.